The maximum Gasteiger partial charge on any atom is 0.0973 e. The summed E-state index contributed by atoms with van der Waals surface area (Å²) in [5.74, 6) is 0.746. The van der Waals surface area contributed by atoms with Crippen LogP contribution in [0.2, 0.25) is 4.34 Å². The Labute approximate surface area is 139 Å². The van der Waals surface area contributed by atoms with E-state index in [0.717, 1.165) is 48.7 Å². The Morgan fingerprint density at radius 1 is 1.43 bits per heavy atom. The molecule has 2 aromatic rings. The van der Waals surface area contributed by atoms with Crippen molar-refractivity contribution < 1.29 is 0 Å². The monoisotopic (exact) mass is 341 g/mol. The molecule has 3 nitrogen and oxygen atoms in total. The zero-order chi connectivity index (χ0) is 14.7. The van der Waals surface area contributed by atoms with Gasteiger partial charge in [-0.3, -0.25) is 4.90 Å². The van der Waals surface area contributed by atoms with E-state index in [4.69, 9.17) is 11.6 Å². The fraction of sp³-hybridized carbons (Fsp3) is 0.533. The molecule has 1 atom stereocenters. The number of thiophene rings is 1. The van der Waals surface area contributed by atoms with Crippen molar-refractivity contribution in [3.05, 3.63) is 37.4 Å². The lowest BCUT2D eigenvalue weighted by atomic mass is 10.1. The molecule has 1 aliphatic heterocycles. The van der Waals surface area contributed by atoms with Crippen LogP contribution < -0.4 is 5.32 Å². The summed E-state index contributed by atoms with van der Waals surface area (Å²) in [5, 5.41) is 5.53. The van der Waals surface area contributed by atoms with Gasteiger partial charge in [-0.1, -0.05) is 11.6 Å². The smallest absolute Gasteiger partial charge is 0.0973 e. The van der Waals surface area contributed by atoms with Gasteiger partial charge in [-0.05, 0) is 49.4 Å². The van der Waals surface area contributed by atoms with Gasteiger partial charge in [0.15, 0.2) is 0 Å². The van der Waals surface area contributed by atoms with Gasteiger partial charge >= 0.3 is 0 Å². The lowest BCUT2D eigenvalue weighted by Crippen LogP contribution is -2.29. The third kappa shape index (κ3) is 4.05. The minimum Gasteiger partial charge on any atom is -0.316 e. The molecule has 0 aliphatic carbocycles. The largest absolute Gasteiger partial charge is 0.316 e. The van der Waals surface area contributed by atoms with Crippen LogP contribution >= 0.6 is 34.3 Å². The van der Waals surface area contributed by atoms with Crippen LogP contribution in [0.4, 0.5) is 0 Å². The van der Waals surface area contributed by atoms with Crippen LogP contribution in [-0.2, 0) is 13.1 Å². The third-order valence-corrected chi connectivity index (χ3v) is 6.15. The first-order chi connectivity index (χ1) is 10.2. The predicted molar refractivity (Wildman–Crippen MR) is 91.3 cm³/mol. The second-order valence-electron chi connectivity index (χ2n) is 5.61. The topological polar surface area (TPSA) is 28.2 Å². The highest BCUT2D eigenvalue weighted by molar-refractivity contribution is 7.14. The van der Waals surface area contributed by atoms with E-state index in [1.165, 1.54) is 16.9 Å². The maximum absolute atomic E-state index is 6.28. The van der Waals surface area contributed by atoms with Gasteiger partial charge in [0.2, 0.25) is 0 Å². The first-order valence-electron chi connectivity index (χ1n) is 7.26. The minimum atomic E-state index is 0.746. The Hall–Kier alpha value is -0.460. The van der Waals surface area contributed by atoms with Crippen molar-refractivity contribution in [3.63, 3.8) is 0 Å². The molecular weight excluding hydrogens is 322 g/mol. The van der Waals surface area contributed by atoms with Crippen LogP contribution in [0, 0.1) is 12.8 Å². The van der Waals surface area contributed by atoms with Gasteiger partial charge in [-0.25, -0.2) is 4.98 Å². The Balaban J connectivity index is 1.70. The van der Waals surface area contributed by atoms with Gasteiger partial charge in [0, 0.05) is 24.5 Å². The standard InChI is InChI=1S/C15H20ClN3S2/c1-11-14(21-10-18-11)9-19(7-12-2-4-17-6-12)8-13-3-5-20-15(13)16/h3,5,10,12,17H,2,4,6-9H2,1H3. The van der Waals surface area contributed by atoms with Crippen LogP contribution in [0.1, 0.15) is 22.6 Å². The van der Waals surface area contributed by atoms with Crippen molar-refractivity contribution >= 4 is 34.3 Å². The summed E-state index contributed by atoms with van der Waals surface area (Å²) in [6, 6.07) is 2.15. The molecule has 1 saturated heterocycles. The van der Waals surface area contributed by atoms with Crippen LogP contribution in [0.5, 0.6) is 0 Å². The van der Waals surface area contributed by atoms with Crippen molar-refractivity contribution in [1.82, 2.24) is 15.2 Å². The summed E-state index contributed by atoms with van der Waals surface area (Å²) >= 11 is 9.65. The van der Waals surface area contributed by atoms with Gasteiger partial charge in [-0.15, -0.1) is 22.7 Å². The summed E-state index contributed by atoms with van der Waals surface area (Å²) < 4.78 is 0.922. The fourth-order valence-electron chi connectivity index (χ4n) is 2.77. The normalized spacial score (nSPS) is 18.7. The number of halogens is 1. The number of nitrogens with one attached hydrogen (secondary N) is 1. The molecule has 1 unspecified atom stereocenters. The van der Waals surface area contributed by atoms with E-state index in [9.17, 15) is 0 Å². The molecule has 0 aromatic carbocycles. The summed E-state index contributed by atoms with van der Waals surface area (Å²) in [7, 11) is 0. The molecule has 1 N–H and O–H groups in total. The van der Waals surface area contributed by atoms with Crippen molar-refractivity contribution in [1.29, 1.82) is 0 Å². The highest BCUT2D eigenvalue weighted by atomic mass is 35.5. The summed E-state index contributed by atoms with van der Waals surface area (Å²) in [6.45, 7) is 7.40. The average molecular weight is 342 g/mol. The molecule has 0 amide bonds. The van der Waals surface area contributed by atoms with Crippen LogP contribution in [0.3, 0.4) is 0 Å². The van der Waals surface area contributed by atoms with Crippen molar-refractivity contribution in [2.75, 3.05) is 19.6 Å². The predicted octanol–water partition coefficient (Wildman–Crippen LogP) is 3.78. The van der Waals surface area contributed by atoms with Crippen LogP contribution in [-0.4, -0.2) is 29.5 Å². The zero-order valence-corrected chi connectivity index (χ0v) is 14.5. The van der Waals surface area contributed by atoms with E-state index in [-0.39, 0.29) is 0 Å². The average Bonchev–Trinajstić information content (AvgIpc) is 3.17. The second kappa shape index (κ2) is 7.20. The molecule has 0 bridgehead atoms. The van der Waals surface area contributed by atoms with Gasteiger partial charge in [0.05, 0.1) is 15.5 Å². The zero-order valence-electron chi connectivity index (χ0n) is 12.1. The number of nitrogens with zero attached hydrogens (tertiary/aromatic N) is 2. The fourth-order valence-corrected chi connectivity index (χ4v) is 4.51. The van der Waals surface area contributed by atoms with E-state index in [2.05, 4.69) is 33.6 Å². The quantitative estimate of drug-likeness (QED) is 0.866. The molecular formula is C15H20ClN3S2. The Kier molecular flexibility index (Phi) is 5.29. The first-order valence-corrected chi connectivity index (χ1v) is 9.40. The summed E-state index contributed by atoms with van der Waals surface area (Å²) in [6.07, 6.45) is 1.27. The number of aryl methyl sites for hydroxylation is 1. The van der Waals surface area contributed by atoms with E-state index >= 15 is 0 Å². The molecule has 2 aromatic heterocycles. The molecule has 3 heterocycles. The molecule has 1 aliphatic rings. The van der Waals surface area contributed by atoms with Gasteiger partial charge < -0.3 is 5.32 Å². The van der Waals surface area contributed by atoms with Crippen molar-refractivity contribution in [2.24, 2.45) is 5.92 Å². The molecule has 1 fully saturated rings. The van der Waals surface area contributed by atoms with Crippen molar-refractivity contribution in [3.8, 4) is 0 Å². The number of aromatic nitrogens is 1. The molecule has 3 rings (SSSR count). The number of hydrogen-bond acceptors (Lipinski definition) is 5. The van der Waals surface area contributed by atoms with Gasteiger partial charge in [-0.2, -0.15) is 0 Å². The number of hydrogen-bond donors (Lipinski definition) is 1. The van der Waals surface area contributed by atoms with E-state index in [1.807, 2.05) is 5.51 Å². The molecule has 0 radical (unpaired) electrons. The highest BCUT2D eigenvalue weighted by Gasteiger charge is 2.20. The number of thiazole rings is 1. The molecule has 114 valence electrons. The number of rotatable bonds is 6. The SMILES string of the molecule is Cc1ncsc1CN(Cc1ccsc1Cl)CC1CCNC1. The maximum atomic E-state index is 6.28. The van der Waals surface area contributed by atoms with E-state index < -0.39 is 0 Å². The molecule has 21 heavy (non-hydrogen) atoms. The second-order valence-corrected chi connectivity index (χ2v) is 8.07. The van der Waals surface area contributed by atoms with Gasteiger partial charge in [0.25, 0.3) is 0 Å². The minimum absolute atomic E-state index is 0.746. The lowest BCUT2D eigenvalue weighted by Gasteiger charge is -2.24. The Morgan fingerprint density at radius 2 is 2.33 bits per heavy atom. The van der Waals surface area contributed by atoms with Crippen LogP contribution in [0.25, 0.3) is 0 Å². The highest BCUT2D eigenvalue weighted by Crippen LogP contribution is 2.26. The lowest BCUT2D eigenvalue weighted by molar-refractivity contribution is 0.222. The Bertz CT molecular complexity index is 533. The van der Waals surface area contributed by atoms with E-state index in [0.29, 0.717) is 0 Å². The van der Waals surface area contributed by atoms with Gasteiger partial charge in [0.1, 0.15) is 0 Å². The summed E-state index contributed by atoms with van der Waals surface area (Å²) in [5.41, 5.74) is 4.35. The van der Waals surface area contributed by atoms with Crippen LogP contribution in [0.15, 0.2) is 17.0 Å². The Morgan fingerprint density at radius 3 is 2.95 bits per heavy atom. The molecule has 0 spiro atoms. The van der Waals surface area contributed by atoms with E-state index in [1.54, 1.807) is 22.7 Å². The molecule has 0 saturated carbocycles. The molecule has 6 heteroatoms. The summed E-state index contributed by atoms with van der Waals surface area (Å²) in [4.78, 5) is 8.26. The first kappa shape index (κ1) is 15.4. The third-order valence-electron chi connectivity index (χ3n) is 3.98. The van der Waals surface area contributed by atoms with Crippen molar-refractivity contribution in [2.45, 2.75) is 26.4 Å².